The molecule has 1 aromatic heterocycles. The van der Waals surface area contributed by atoms with Crippen LogP contribution in [0.4, 0.5) is 0 Å². The average Bonchev–Trinajstić information content (AvgIpc) is 2.63. The predicted molar refractivity (Wildman–Crippen MR) is 65.5 cm³/mol. The highest BCUT2D eigenvalue weighted by Gasteiger charge is 2.26. The molecule has 1 aromatic rings. The number of likely N-dealkylation sites (N-methyl/N-ethyl adjacent to an activating group) is 1. The molecule has 0 radical (unpaired) electrons. The van der Waals surface area contributed by atoms with Crippen LogP contribution in [0.25, 0.3) is 0 Å². The number of nitrogens with one attached hydrogen (secondary N) is 1. The summed E-state index contributed by atoms with van der Waals surface area (Å²) in [5, 5.41) is 0.193. The third-order valence-electron chi connectivity index (χ3n) is 2.74. The van der Waals surface area contributed by atoms with Crippen molar-refractivity contribution in [2.75, 3.05) is 20.1 Å². The number of halogens is 1. The molecule has 94 valence electrons. The second-order valence-electron chi connectivity index (χ2n) is 4.18. The van der Waals surface area contributed by atoms with E-state index in [9.17, 15) is 8.42 Å². The molecule has 1 atom stereocenters. The Kier molecular flexibility index (Phi) is 3.67. The van der Waals surface area contributed by atoms with Crippen LogP contribution in [0.3, 0.4) is 0 Å². The van der Waals surface area contributed by atoms with Gasteiger partial charge in [-0.2, -0.15) is 0 Å². The summed E-state index contributed by atoms with van der Waals surface area (Å²) in [7, 11) is -1.61. The van der Waals surface area contributed by atoms with Crippen LogP contribution in [0.5, 0.6) is 0 Å². The van der Waals surface area contributed by atoms with Gasteiger partial charge in [-0.25, -0.2) is 13.1 Å². The molecule has 0 spiro atoms. The van der Waals surface area contributed by atoms with Crippen LogP contribution in [0.15, 0.2) is 23.4 Å². The highest BCUT2D eigenvalue weighted by atomic mass is 35.5. The van der Waals surface area contributed by atoms with Gasteiger partial charge >= 0.3 is 0 Å². The lowest BCUT2D eigenvalue weighted by molar-refractivity contribution is 0.407. The number of nitrogens with zero attached hydrogens (tertiary/aromatic N) is 2. The number of hydrogen-bond acceptors (Lipinski definition) is 4. The van der Waals surface area contributed by atoms with Crippen LogP contribution in [0.1, 0.15) is 6.42 Å². The van der Waals surface area contributed by atoms with Crippen LogP contribution in [0.2, 0.25) is 5.02 Å². The van der Waals surface area contributed by atoms with E-state index in [1.54, 1.807) is 0 Å². The molecule has 7 heteroatoms. The number of likely N-dealkylation sites (tertiary alicyclic amines) is 1. The van der Waals surface area contributed by atoms with Crippen molar-refractivity contribution in [3.05, 3.63) is 23.5 Å². The van der Waals surface area contributed by atoms with Crippen LogP contribution in [-0.4, -0.2) is 44.5 Å². The summed E-state index contributed by atoms with van der Waals surface area (Å²) < 4.78 is 26.8. The van der Waals surface area contributed by atoms with Gasteiger partial charge in [0.25, 0.3) is 0 Å². The molecule has 5 nitrogen and oxygen atoms in total. The van der Waals surface area contributed by atoms with Crippen molar-refractivity contribution in [1.29, 1.82) is 0 Å². The third kappa shape index (κ3) is 2.95. The smallest absolute Gasteiger partial charge is 0.243 e. The lowest BCUT2D eigenvalue weighted by Gasteiger charge is -2.13. The van der Waals surface area contributed by atoms with Gasteiger partial charge in [-0.1, -0.05) is 11.6 Å². The van der Waals surface area contributed by atoms with Crippen molar-refractivity contribution in [1.82, 2.24) is 14.6 Å². The molecule has 1 fully saturated rings. The molecule has 1 N–H and O–H groups in total. The summed E-state index contributed by atoms with van der Waals surface area (Å²) in [4.78, 5) is 5.91. The van der Waals surface area contributed by atoms with Crippen LogP contribution >= 0.6 is 11.6 Å². The van der Waals surface area contributed by atoms with Gasteiger partial charge < -0.3 is 4.90 Å². The van der Waals surface area contributed by atoms with E-state index < -0.39 is 10.0 Å². The Bertz CT molecular complexity index is 506. The normalized spacial score (nSPS) is 21.9. The molecule has 17 heavy (non-hydrogen) atoms. The quantitative estimate of drug-likeness (QED) is 0.883. The fourth-order valence-corrected chi connectivity index (χ4v) is 3.57. The number of rotatable bonds is 3. The SMILES string of the molecule is CN1CCC(NS(=O)(=O)c2cnccc2Cl)C1. The Morgan fingerprint density at radius 1 is 1.59 bits per heavy atom. The first-order valence-corrected chi connectivity index (χ1v) is 7.15. The zero-order valence-corrected chi connectivity index (χ0v) is 11.0. The van der Waals surface area contributed by atoms with Crippen molar-refractivity contribution in [2.45, 2.75) is 17.4 Å². The van der Waals surface area contributed by atoms with E-state index >= 15 is 0 Å². The Morgan fingerprint density at radius 3 is 2.94 bits per heavy atom. The van der Waals surface area contributed by atoms with E-state index in [0.29, 0.717) is 0 Å². The van der Waals surface area contributed by atoms with Crippen LogP contribution in [0, 0.1) is 0 Å². The first-order chi connectivity index (χ1) is 7.99. The number of pyridine rings is 1. The molecule has 2 heterocycles. The van der Waals surface area contributed by atoms with Gasteiger partial charge in [0, 0.05) is 25.0 Å². The fraction of sp³-hybridized carbons (Fsp3) is 0.500. The van der Waals surface area contributed by atoms with E-state index in [2.05, 4.69) is 14.6 Å². The van der Waals surface area contributed by atoms with Crippen molar-refractivity contribution >= 4 is 21.6 Å². The van der Waals surface area contributed by atoms with E-state index in [1.165, 1.54) is 18.5 Å². The molecule has 0 bridgehead atoms. The predicted octanol–water partition coefficient (Wildman–Crippen LogP) is 0.717. The minimum absolute atomic E-state index is 0.0382. The summed E-state index contributed by atoms with van der Waals surface area (Å²) in [5.41, 5.74) is 0. The molecule has 0 aliphatic carbocycles. The molecule has 1 saturated heterocycles. The maximum atomic E-state index is 12.1. The largest absolute Gasteiger partial charge is 0.305 e. The van der Waals surface area contributed by atoms with Crippen LogP contribution in [-0.2, 0) is 10.0 Å². The van der Waals surface area contributed by atoms with Crippen molar-refractivity contribution < 1.29 is 8.42 Å². The van der Waals surface area contributed by atoms with E-state index in [4.69, 9.17) is 11.6 Å². The maximum Gasteiger partial charge on any atom is 0.243 e. The van der Waals surface area contributed by atoms with Gasteiger partial charge in [0.1, 0.15) is 4.90 Å². The van der Waals surface area contributed by atoms with Gasteiger partial charge in [-0.3, -0.25) is 4.98 Å². The number of aromatic nitrogens is 1. The summed E-state index contributed by atoms with van der Waals surface area (Å²) in [6.07, 6.45) is 3.54. The molecule has 2 rings (SSSR count). The van der Waals surface area contributed by atoms with E-state index in [1.807, 2.05) is 7.05 Å². The Labute approximate surface area is 106 Å². The second-order valence-corrected chi connectivity index (χ2v) is 6.26. The molecular weight excluding hydrogens is 262 g/mol. The highest BCUT2D eigenvalue weighted by Crippen LogP contribution is 2.20. The van der Waals surface area contributed by atoms with Crippen molar-refractivity contribution in [3.63, 3.8) is 0 Å². The topological polar surface area (TPSA) is 62.3 Å². The Hall–Kier alpha value is -0.690. The average molecular weight is 276 g/mol. The van der Waals surface area contributed by atoms with Crippen LogP contribution < -0.4 is 4.72 Å². The molecule has 1 unspecified atom stereocenters. The maximum absolute atomic E-state index is 12.1. The van der Waals surface area contributed by atoms with Gasteiger partial charge in [0.15, 0.2) is 0 Å². The molecule has 0 saturated carbocycles. The summed E-state index contributed by atoms with van der Waals surface area (Å²) in [6, 6.07) is 1.41. The molecule has 1 aliphatic rings. The second kappa shape index (κ2) is 4.89. The van der Waals surface area contributed by atoms with Gasteiger partial charge in [-0.05, 0) is 26.1 Å². The molecule has 0 amide bonds. The fourth-order valence-electron chi connectivity index (χ4n) is 1.87. The first-order valence-electron chi connectivity index (χ1n) is 5.29. The Morgan fingerprint density at radius 2 is 2.35 bits per heavy atom. The standard InChI is InChI=1S/C10H14ClN3O2S/c1-14-5-3-8(7-14)13-17(15,16)10-6-12-4-2-9(10)11/h2,4,6,8,13H,3,5,7H2,1H3. The van der Waals surface area contributed by atoms with Crippen molar-refractivity contribution in [3.8, 4) is 0 Å². The lowest BCUT2D eigenvalue weighted by atomic mass is 10.3. The highest BCUT2D eigenvalue weighted by molar-refractivity contribution is 7.89. The third-order valence-corrected chi connectivity index (χ3v) is 4.73. The lowest BCUT2D eigenvalue weighted by Crippen LogP contribution is -2.36. The first kappa shape index (κ1) is 12.8. The molecule has 1 aliphatic heterocycles. The minimum atomic E-state index is -3.57. The zero-order chi connectivity index (χ0) is 12.5. The van der Waals surface area contributed by atoms with Crippen molar-refractivity contribution in [2.24, 2.45) is 0 Å². The Balaban J connectivity index is 2.17. The molecular formula is C10H14ClN3O2S. The zero-order valence-electron chi connectivity index (χ0n) is 9.43. The number of hydrogen-bond donors (Lipinski definition) is 1. The minimum Gasteiger partial charge on any atom is -0.305 e. The van der Waals surface area contributed by atoms with Gasteiger partial charge in [-0.15, -0.1) is 0 Å². The van der Waals surface area contributed by atoms with E-state index in [0.717, 1.165) is 19.5 Å². The molecule has 0 aromatic carbocycles. The summed E-state index contributed by atoms with van der Waals surface area (Å²) in [5.74, 6) is 0. The summed E-state index contributed by atoms with van der Waals surface area (Å²) in [6.45, 7) is 1.62. The monoisotopic (exact) mass is 275 g/mol. The summed E-state index contributed by atoms with van der Waals surface area (Å²) >= 11 is 5.85. The number of sulfonamides is 1. The van der Waals surface area contributed by atoms with E-state index in [-0.39, 0.29) is 16.0 Å². The van der Waals surface area contributed by atoms with Gasteiger partial charge in [0.2, 0.25) is 10.0 Å². The van der Waals surface area contributed by atoms with Gasteiger partial charge in [0.05, 0.1) is 5.02 Å².